The van der Waals surface area contributed by atoms with Gasteiger partial charge in [0.1, 0.15) is 0 Å². The Morgan fingerprint density at radius 1 is 1.00 bits per heavy atom. The zero-order valence-electron chi connectivity index (χ0n) is 12.7. The summed E-state index contributed by atoms with van der Waals surface area (Å²) in [5, 5.41) is 0. The topological polar surface area (TPSA) is 66.5 Å². The zero-order chi connectivity index (χ0) is 16.3. The molecule has 1 amide bonds. The van der Waals surface area contributed by atoms with E-state index in [-0.39, 0.29) is 4.90 Å². The lowest BCUT2D eigenvalue weighted by molar-refractivity contribution is -0.118. The van der Waals surface area contributed by atoms with Crippen LogP contribution in [0.1, 0.15) is 18.1 Å². The van der Waals surface area contributed by atoms with Crippen LogP contribution in [-0.2, 0) is 14.8 Å². The number of hydrogen-bond acceptors (Lipinski definition) is 3. The van der Waals surface area contributed by atoms with Gasteiger partial charge in [0.05, 0.1) is 10.6 Å². The fourth-order valence-electron chi connectivity index (χ4n) is 2.00. The van der Waals surface area contributed by atoms with Crippen molar-refractivity contribution in [2.24, 2.45) is 0 Å². The fraction of sp³-hybridized carbons (Fsp3) is 0.188. The third kappa shape index (κ3) is 3.28. The molecule has 116 valence electrons. The first-order valence-corrected chi connectivity index (χ1v) is 8.21. The van der Waals surface area contributed by atoms with E-state index in [1.807, 2.05) is 13.0 Å². The number of rotatable bonds is 4. The van der Waals surface area contributed by atoms with Gasteiger partial charge in [0.25, 0.3) is 10.0 Å². The highest BCUT2D eigenvalue weighted by Gasteiger charge is 2.27. The number of carbonyl (C=O) groups excluding carboxylic acids is 1. The van der Waals surface area contributed by atoms with Gasteiger partial charge in [-0.3, -0.25) is 10.2 Å². The highest BCUT2D eigenvalue weighted by molar-refractivity contribution is 7.92. The lowest BCUT2D eigenvalue weighted by atomic mass is 10.2. The van der Waals surface area contributed by atoms with E-state index in [2.05, 4.69) is 5.43 Å². The Hall–Kier alpha value is -2.34. The number of anilines is 1. The Morgan fingerprint density at radius 2 is 1.59 bits per heavy atom. The largest absolute Gasteiger partial charge is 0.281 e. The van der Waals surface area contributed by atoms with Crippen LogP contribution in [0.25, 0.3) is 0 Å². The molecule has 2 aromatic rings. The second-order valence-corrected chi connectivity index (χ2v) is 6.82. The number of amides is 1. The lowest BCUT2D eigenvalue weighted by Gasteiger charge is -2.25. The van der Waals surface area contributed by atoms with Crippen molar-refractivity contribution in [1.29, 1.82) is 0 Å². The van der Waals surface area contributed by atoms with Crippen LogP contribution in [-0.4, -0.2) is 14.3 Å². The van der Waals surface area contributed by atoms with E-state index in [1.54, 1.807) is 37.3 Å². The lowest BCUT2D eigenvalue weighted by Crippen LogP contribution is -2.45. The zero-order valence-corrected chi connectivity index (χ0v) is 13.5. The van der Waals surface area contributed by atoms with E-state index >= 15 is 0 Å². The summed E-state index contributed by atoms with van der Waals surface area (Å²) in [6.45, 7) is 4.94. The molecule has 0 aliphatic rings. The number of aryl methyl sites for hydroxylation is 2. The number of nitrogens with zero attached hydrogens (tertiary/aromatic N) is 1. The van der Waals surface area contributed by atoms with Crippen molar-refractivity contribution >= 4 is 21.6 Å². The van der Waals surface area contributed by atoms with Crippen molar-refractivity contribution < 1.29 is 13.2 Å². The van der Waals surface area contributed by atoms with Gasteiger partial charge < -0.3 is 0 Å². The molecule has 5 nitrogen and oxygen atoms in total. The smallest absolute Gasteiger partial charge is 0.274 e. The normalized spacial score (nSPS) is 11.0. The summed E-state index contributed by atoms with van der Waals surface area (Å²) in [6, 6.07) is 13.5. The number of hydrazine groups is 1. The van der Waals surface area contributed by atoms with Gasteiger partial charge in [-0.1, -0.05) is 35.9 Å². The van der Waals surface area contributed by atoms with E-state index in [4.69, 9.17) is 0 Å². The molecular formula is C16H18N2O3S. The molecule has 2 aromatic carbocycles. The van der Waals surface area contributed by atoms with Crippen molar-refractivity contribution in [1.82, 2.24) is 5.43 Å². The SMILES string of the molecule is CC(=O)NN(c1ccccc1C)S(=O)(=O)c1ccc(C)cc1. The summed E-state index contributed by atoms with van der Waals surface area (Å²) in [5.74, 6) is -0.459. The van der Waals surface area contributed by atoms with Crippen molar-refractivity contribution in [3.05, 3.63) is 59.7 Å². The molecule has 0 fully saturated rings. The molecule has 0 bridgehead atoms. The maximum absolute atomic E-state index is 12.8. The van der Waals surface area contributed by atoms with Crippen molar-refractivity contribution in [2.75, 3.05) is 4.41 Å². The predicted molar refractivity (Wildman–Crippen MR) is 85.8 cm³/mol. The number of para-hydroxylation sites is 1. The van der Waals surface area contributed by atoms with Crippen LogP contribution in [0, 0.1) is 13.8 Å². The second kappa shape index (κ2) is 6.19. The minimum Gasteiger partial charge on any atom is -0.274 e. The quantitative estimate of drug-likeness (QED) is 0.881. The van der Waals surface area contributed by atoms with Crippen LogP contribution in [0.2, 0.25) is 0 Å². The average Bonchev–Trinajstić information content (AvgIpc) is 2.46. The third-order valence-electron chi connectivity index (χ3n) is 3.15. The maximum Gasteiger partial charge on any atom is 0.281 e. The van der Waals surface area contributed by atoms with Crippen LogP contribution in [0.4, 0.5) is 5.69 Å². The molecule has 0 heterocycles. The van der Waals surface area contributed by atoms with Crippen molar-refractivity contribution in [3.8, 4) is 0 Å². The number of nitrogens with one attached hydrogen (secondary N) is 1. The molecule has 0 aliphatic carbocycles. The molecule has 0 unspecified atom stereocenters. The van der Waals surface area contributed by atoms with Crippen molar-refractivity contribution in [2.45, 2.75) is 25.7 Å². The van der Waals surface area contributed by atoms with Gasteiger partial charge in [-0.25, -0.2) is 0 Å². The highest BCUT2D eigenvalue weighted by atomic mass is 32.2. The molecule has 6 heteroatoms. The molecule has 0 saturated carbocycles. The molecule has 0 spiro atoms. The molecule has 1 N–H and O–H groups in total. The van der Waals surface area contributed by atoms with Crippen LogP contribution in [0.3, 0.4) is 0 Å². The summed E-state index contributed by atoms with van der Waals surface area (Å²) >= 11 is 0. The van der Waals surface area contributed by atoms with Crippen LogP contribution in [0.15, 0.2) is 53.4 Å². The van der Waals surface area contributed by atoms with E-state index in [1.165, 1.54) is 19.1 Å². The number of carbonyl (C=O) groups is 1. The number of hydrogen-bond donors (Lipinski definition) is 1. The minimum atomic E-state index is -3.89. The molecule has 0 saturated heterocycles. The van der Waals surface area contributed by atoms with Gasteiger partial charge >= 0.3 is 0 Å². The van der Waals surface area contributed by atoms with Gasteiger partial charge in [-0.2, -0.15) is 12.8 Å². The van der Waals surface area contributed by atoms with Crippen LogP contribution < -0.4 is 9.84 Å². The summed E-state index contributed by atoms with van der Waals surface area (Å²) in [5.41, 5.74) is 4.51. The molecule has 0 atom stereocenters. The molecular weight excluding hydrogens is 300 g/mol. The summed E-state index contributed by atoms with van der Waals surface area (Å²) in [6.07, 6.45) is 0. The Bertz CT molecular complexity index is 783. The first-order valence-electron chi connectivity index (χ1n) is 6.77. The number of sulfonamides is 1. The van der Waals surface area contributed by atoms with Crippen LogP contribution >= 0.6 is 0 Å². The van der Waals surface area contributed by atoms with E-state index in [9.17, 15) is 13.2 Å². The Kier molecular flexibility index (Phi) is 4.51. The predicted octanol–water partition coefficient (Wildman–Crippen LogP) is 2.55. The minimum absolute atomic E-state index is 0.120. The molecule has 0 aromatic heterocycles. The average molecular weight is 318 g/mol. The standard InChI is InChI=1S/C16H18N2O3S/c1-12-8-10-15(11-9-12)22(20,21)18(17-14(3)19)16-7-5-4-6-13(16)2/h4-11H,1-3H3,(H,17,19). The van der Waals surface area contributed by atoms with Gasteiger partial charge in [0.15, 0.2) is 0 Å². The van der Waals surface area contributed by atoms with Gasteiger partial charge in [0.2, 0.25) is 5.91 Å². The van der Waals surface area contributed by atoms with Gasteiger partial charge in [-0.05, 0) is 37.6 Å². The number of benzene rings is 2. The van der Waals surface area contributed by atoms with Gasteiger partial charge in [-0.15, -0.1) is 0 Å². The molecule has 22 heavy (non-hydrogen) atoms. The summed E-state index contributed by atoms with van der Waals surface area (Å²) in [7, 11) is -3.89. The highest BCUT2D eigenvalue weighted by Crippen LogP contribution is 2.25. The summed E-state index contributed by atoms with van der Waals surface area (Å²) < 4.78 is 26.6. The molecule has 0 radical (unpaired) electrons. The molecule has 2 rings (SSSR count). The monoisotopic (exact) mass is 318 g/mol. The van der Waals surface area contributed by atoms with Gasteiger partial charge in [0, 0.05) is 6.92 Å². The van der Waals surface area contributed by atoms with E-state index in [0.717, 1.165) is 15.5 Å². The Morgan fingerprint density at radius 3 is 2.14 bits per heavy atom. The first kappa shape index (κ1) is 16.0. The Balaban J connectivity index is 2.56. The summed E-state index contributed by atoms with van der Waals surface area (Å²) in [4.78, 5) is 11.6. The fourth-order valence-corrected chi connectivity index (χ4v) is 3.40. The second-order valence-electron chi connectivity index (χ2n) is 5.04. The van der Waals surface area contributed by atoms with E-state index < -0.39 is 15.9 Å². The van der Waals surface area contributed by atoms with Crippen LogP contribution in [0.5, 0.6) is 0 Å². The maximum atomic E-state index is 12.8. The Labute approximate surface area is 130 Å². The van der Waals surface area contributed by atoms with E-state index in [0.29, 0.717) is 5.69 Å². The van der Waals surface area contributed by atoms with Crippen molar-refractivity contribution in [3.63, 3.8) is 0 Å². The molecule has 0 aliphatic heterocycles. The third-order valence-corrected chi connectivity index (χ3v) is 4.79. The first-order chi connectivity index (χ1) is 10.3.